The Morgan fingerprint density at radius 3 is 1.36 bits per heavy atom. The van der Waals surface area contributed by atoms with Crippen LogP contribution in [0.3, 0.4) is 0 Å². The molecule has 0 spiro atoms. The van der Waals surface area contributed by atoms with Gasteiger partial charge in [-0.2, -0.15) is 10.2 Å². The van der Waals surface area contributed by atoms with E-state index in [1.165, 1.54) is 0 Å². The maximum absolute atomic E-state index is 13.8. The van der Waals surface area contributed by atoms with Crippen LogP contribution in [0.1, 0.15) is 197 Å². The highest BCUT2D eigenvalue weighted by molar-refractivity contribution is 5.99. The molecule has 25 nitrogen and oxygen atoms in total. The van der Waals surface area contributed by atoms with E-state index in [1.54, 1.807) is 31.6 Å². The number of aliphatic hydroxyl groups is 1. The fraction of sp³-hybridized carbons (Fsp3) is 0.797. The van der Waals surface area contributed by atoms with Crippen LogP contribution in [0.5, 0.6) is 0 Å². The van der Waals surface area contributed by atoms with Gasteiger partial charge in [0.2, 0.25) is 0 Å². The van der Waals surface area contributed by atoms with Crippen LogP contribution in [-0.2, 0) is 70.1 Å². The van der Waals surface area contributed by atoms with Crippen molar-refractivity contribution in [2.45, 2.75) is 282 Å². The molecule has 4 aromatic rings. The summed E-state index contributed by atoms with van der Waals surface area (Å²) < 4.78 is 76.4. The van der Waals surface area contributed by atoms with E-state index in [4.69, 9.17) is 81.9 Å². The van der Waals surface area contributed by atoms with Gasteiger partial charge in [0, 0.05) is 25.3 Å². The monoisotopic (exact) mass is 1180 g/mol. The van der Waals surface area contributed by atoms with Gasteiger partial charge in [-0.25, -0.2) is 38.9 Å². The third-order valence-electron chi connectivity index (χ3n) is 16.4. The van der Waals surface area contributed by atoms with E-state index in [1.807, 2.05) is 69.2 Å². The highest BCUT2D eigenvalue weighted by Gasteiger charge is 2.58. The van der Waals surface area contributed by atoms with Crippen molar-refractivity contribution < 1.29 is 71.5 Å². The average Bonchev–Trinajstić information content (AvgIpc) is 2.38. The molecule has 10 heterocycles. The van der Waals surface area contributed by atoms with Crippen molar-refractivity contribution in [1.29, 1.82) is 0 Å². The molecule has 6 aliphatic heterocycles. The van der Waals surface area contributed by atoms with Crippen LogP contribution < -0.4 is 9.80 Å². The Kier molecular flexibility index (Phi) is 17.9. The minimum Gasteiger partial charge on any atom is -0.443 e. The molecule has 0 aromatic carbocycles. The zero-order valence-electron chi connectivity index (χ0n) is 50.9. The van der Waals surface area contributed by atoms with Gasteiger partial charge in [0.05, 0.1) is 35.9 Å². The molecule has 1 N–H and O–H groups in total. The molecule has 6 saturated heterocycles. The largest absolute Gasteiger partial charge is 0.443 e. The molecule has 8 aliphatic rings. The molecule has 2 unspecified atom stereocenters. The van der Waals surface area contributed by atoms with E-state index in [9.17, 15) is 14.7 Å². The van der Waals surface area contributed by atoms with Crippen molar-refractivity contribution in [1.82, 2.24) is 39.5 Å². The van der Waals surface area contributed by atoms with Crippen molar-refractivity contribution in [2.24, 2.45) is 0 Å². The maximum Gasteiger partial charge on any atom is 0.416 e. The molecule has 8 fully saturated rings. The minimum absolute atomic E-state index is 0.0410. The molecule has 0 radical (unpaired) electrons. The second-order valence-corrected chi connectivity index (χ2v) is 26.2. The highest BCUT2D eigenvalue weighted by atomic mass is 16.8. The Balaban J connectivity index is 0.000000175. The standard InChI is InChI=1S/C30H45N5O7.C29H43N5O8/c1-7-20-23-24(41-30(5,6)40-23)27(39-20)35-26-19(16-31-35)25(32-21(33-26)17-38-22-14-10-11-15-37-22)34(18-12-8-9-13-18)28(36)42-29(2,3)4;1-28(2,3)42-27(36)33(17-10-6-7-11-17)24-18-14-30-34(26-23-22(19(15-35)39-26)40-29(4,5)41-23)25(18)32-20(31-24)16-38-21-12-8-9-13-37-21/h16,18,20,22-24,27H,7-15,17H2,1-6H3;14,17,19,21-23,26,35H,6-13,15-16H2,1-5H3/t20-,22?,23-,24-,27-;19-,21?,22-,23-,26-/m11/s1. The van der Waals surface area contributed by atoms with E-state index < -0.39 is 65.7 Å². The van der Waals surface area contributed by atoms with Gasteiger partial charge in [0.1, 0.15) is 54.9 Å². The number of aromatic nitrogens is 8. The second-order valence-electron chi connectivity index (χ2n) is 26.2. The first-order chi connectivity index (χ1) is 40.1. The number of hydrogen-bond donors (Lipinski definition) is 1. The van der Waals surface area contributed by atoms with Gasteiger partial charge in [-0.15, -0.1) is 0 Å². The normalized spacial score (nSPS) is 29.7. The summed E-state index contributed by atoms with van der Waals surface area (Å²) in [5.41, 5.74) is -0.343. The lowest BCUT2D eigenvalue weighted by atomic mass is 10.1. The Hall–Kier alpha value is -4.80. The molecule has 2 aliphatic carbocycles. The lowest BCUT2D eigenvalue weighted by Crippen LogP contribution is -2.43. The summed E-state index contributed by atoms with van der Waals surface area (Å²) in [6, 6.07) is -0.115. The minimum atomic E-state index is -0.844. The van der Waals surface area contributed by atoms with Gasteiger partial charge in [-0.3, -0.25) is 9.80 Å². The lowest BCUT2D eigenvalue weighted by molar-refractivity contribution is -0.201. The number of carbonyl (C=O) groups is 2. The number of carbonyl (C=O) groups excluding carboxylic acids is 2. The molecular formula is C59H88N10O15. The summed E-state index contributed by atoms with van der Waals surface area (Å²) >= 11 is 0. The number of nitrogens with zero attached hydrogens (tertiary/aromatic N) is 10. The summed E-state index contributed by atoms with van der Waals surface area (Å²) in [7, 11) is 0. The van der Waals surface area contributed by atoms with Gasteiger partial charge in [0.15, 0.2) is 71.2 Å². The highest BCUT2D eigenvalue weighted by Crippen LogP contribution is 2.47. The van der Waals surface area contributed by atoms with Crippen LogP contribution in [0.2, 0.25) is 0 Å². The van der Waals surface area contributed by atoms with Crippen LogP contribution >= 0.6 is 0 Å². The first kappa shape index (κ1) is 60.9. The number of ether oxygens (including phenoxy) is 12. The van der Waals surface area contributed by atoms with Crippen molar-refractivity contribution in [2.75, 3.05) is 29.6 Å². The van der Waals surface area contributed by atoms with Crippen molar-refractivity contribution in [3.63, 3.8) is 0 Å². The summed E-state index contributed by atoms with van der Waals surface area (Å²) in [6.45, 7) is 22.1. The van der Waals surface area contributed by atoms with Gasteiger partial charge >= 0.3 is 12.2 Å². The van der Waals surface area contributed by atoms with Crippen molar-refractivity contribution >= 4 is 45.9 Å². The number of aliphatic hydroxyl groups excluding tert-OH is 1. The van der Waals surface area contributed by atoms with Crippen LogP contribution in [-0.4, -0.2) is 161 Å². The molecule has 2 saturated carbocycles. The number of amides is 2. The van der Waals surface area contributed by atoms with Gasteiger partial charge in [-0.1, -0.05) is 32.6 Å². The fourth-order valence-corrected chi connectivity index (χ4v) is 12.7. The Bertz CT molecular complexity index is 2730. The number of anilines is 2. The molecule has 12 rings (SSSR count). The van der Waals surface area contributed by atoms with Crippen LogP contribution in [0, 0.1) is 0 Å². The van der Waals surface area contributed by atoms with E-state index >= 15 is 0 Å². The molecule has 25 heteroatoms. The zero-order valence-corrected chi connectivity index (χ0v) is 50.9. The van der Waals surface area contributed by atoms with Gasteiger partial charge < -0.3 is 61.9 Å². The molecule has 2 amide bonds. The number of hydrogen-bond acceptors (Lipinski definition) is 21. The van der Waals surface area contributed by atoms with Crippen LogP contribution in [0.15, 0.2) is 12.4 Å². The second kappa shape index (κ2) is 24.8. The van der Waals surface area contributed by atoms with Crippen molar-refractivity contribution in [3.05, 3.63) is 24.0 Å². The fourth-order valence-electron chi connectivity index (χ4n) is 12.7. The van der Waals surface area contributed by atoms with E-state index in [-0.39, 0.29) is 62.8 Å². The molecular weight excluding hydrogens is 1090 g/mol. The first-order valence-electron chi connectivity index (χ1n) is 30.7. The summed E-state index contributed by atoms with van der Waals surface area (Å²) in [5.74, 6) is 0.141. The molecule has 0 bridgehead atoms. The average molecular weight is 1180 g/mol. The Labute approximate surface area is 491 Å². The number of fused-ring (bicyclic) bond motifs is 4. The van der Waals surface area contributed by atoms with E-state index in [0.29, 0.717) is 58.6 Å². The third kappa shape index (κ3) is 13.4. The van der Waals surface area contributed by atoms with Gasteiger partial charge in [0.25, 0.3) is 0 Å². The zero-order chi connectivity index (χ0) is 59.3. The Morgan fingerprint density at radius 1 is 0.583 bits per heavy atom. The summed E-state index contributed by atoms with van der Waals surface area (Å²) in [5, 5.41) is 20.7. The van der Waals surface area contributed by atoms with E-state index in [2.05, 4.69) is 12.0 Å². The smallest absolute Gasteiger partial charge is 0.416 e. The SMILES string of the molecule is CC(C)(C)OC(=O)N(c1nc(COC2CCCCO2)nc2c1cnn2[C@@H]1O[C@H](CO)[C@H]2OC(C)(C)O[C@H]21)C1CCCC1.CC[C@H]1O[C@@H](n2ncc3c(N(C(=O)OC(C)(C)C)C4CCCC4)nc(COC4CCCCO4)nc32)[C@@H]2OC(C)(C)O[C@@H]21. The lowest BCUT2D eigenvalue weighted by Gasteiger charge is -2.31. The van der Waals surface area contributed by atoms with Gasteiger partial charge in [-0.05, 0) is 140 Å². The first-order valence-corrected chi connectivity index (χ1v) is 30.7. The maximum atomic E-state index is 13.8. The summed E-state index contributed by atoms with van der Waals surface area (Å²) in [6.07, 6.45) is 12.3. The van der Waals surface area contributed by atoms with Crippen LogP contribution in [0.25, 0.3) is 22.1 Å². The predicted molar refractivity (Wildman–Crippen MR) is 302 cm³/mol. The Morgan fingerprint density at radius 2 is 0.976 bits per heavy atom. The molecule has 10 atom stereocenters. The third-order valence-corrected chi connectivity index (χ3v) is 16.4. The van der Waals surface area contributed by atoms with Crippen molar-refractivity contribution in [3.8, 4) is 0 Å². The molecule has 464 valence electrons. The summed E-state index contributed by atoms with van der Waals surface area (Å²) in [4.78, 5) is 50.5. The predicted octanol–water partition coefficient (Wildman–Crippen LogP) is 9.34. The molecule has 4 aromatic heterocycles. The number of rotatable bonds is 14. The topological polar surface area (TPSA) is 259 Å². The van der Waals surface area contributed by atoms with Crippen LogP contribution in [0.4, 0.5) is 21.2 Å². The quantitative estimate of drug-likeness (QED) is 0.123. The molecule has 84 heavy (non-hydrogen) atoms. The van der Waals surface area contributed by atoms with E-state index in [0.717, 1.165) is 96.3 Å².